The maximum atomic E-state index is 12.9. The van der Waals surface area contributed by atoms with Gasteiger partial charge in [-0.3, -0.25) is 0 Å². The van der Waals surface area contributed by atoms with Crippen LogP contribution in [0.15, 0.2) is 46.9 Å². The lowest BCUT2D eigenvalue weighted by molar-refractivity contribution is 0.0520. The van der Waals surface area contributed by atoms with Gasteiger partial charge in [0.05, 0.1) is 5.71 Å². The van der Waals surface area contributed by atoms with Crippen LogP contribution in [0.5, 0.6) is 0 Å². The quantitative estimate of drug-likeness (QED) is 0.482. The summed E-state index contributed by atoms with van der Waals surface area (Å²) in [5, 5.41) is 5.75. The predicted octanol–water partition coefficient (Wildman–Crippen LogP) is 4.22. The van der Waals surface area contributed by atoms with Gasteiger partial charge in [0.1, 0.15) is 10.7 Å². The lowest BCUT2D eigenvalue weighted by Gasteiger charge is -2.01. The van der Waals surface area contributed by atoms with Crippen molar-refractivity contribution in [2.24, 2.45) is 11.1 Å². The molecule has 2 atom stereocenters. The van der Waals surface area contributed by atoms with Gasteiger partial charge in [-0.25, -0.2) is 9.18 Å². The molecular formula is C16H14FNO2S. The zero-order chi connectivity index (χ0) is 14.8. The van der Waals surface area contributed by atoms with Crippen LogP contribution in [0.2, 0.25) is 0 Å². The summed E-state index contributed by atoms with van der Waals surface area (Å²) in [4.78, 5) is 17.2. The number of halogens is 1. The highest BCUT2D eigenvalue weighted by atomic mass is 32.1. The van der Waals surface area contributed by atoms with Crippen LogP contribution in [0.1, 0.15) is 34.5 Å². The van der Waals surface area contributed by atoms with Crippen LogP contribution >= 0.6 is 11.3 Å². The van der Waals surface area contributed by atoms with Crippen molar-refractivity contribution in [2.75, 3.05) is 0 Å². The topological polar surface area (TPSA) is 38.7 Å². The first kappa shape index (κ1) is 13.9. The molecule has 21 heavy (non-hydrogen) atoms. The van der Waals surface area contributed by atoms with E-state index in [0.29, 0.717) is 10.8 Å². The van der Waals surface area contributed by atoms with Crippen LogP contribution in [0.4, 0.5) is 4.39 Å². The Labute approximate surface area is 126 Å². The van der Waals surface area contributed by atoms with Crippen molar-refractivity contribution >= 4 is 23.0 Å². The van der Waals surface area contributed by atoms with Crippen LogP contribution in [-0.2, 0) is 4.84 Å². The van der Waals surface area contributed by atoms with E-state index in [1.807, 2.05) is 12.3 Å². The molecule has 108 valence electrons. The number of oxime groups is 1. The second-order valence-electron chi connectivity index (χ2n) is 5.09. The summed E-state index contributed by atoms with van der Waals surface area (Å²) >= 11 is 1.33. The molecule has 0 spiro atoms. The molecule has 3 nitrogen and oxygen atoms in total. The second kappa shape index (κ2) is 5.77. The first-order valence-electron chi connectivity index (χ1n) is 6.70. The molecule has 3 rings (SSSR count). The van der Waals surface area contributed by atoms with Gasteiger partial charge in [0.15, 0.2) is 0 Å². The van der Waals surface area contributed by atoms with Crippen molar-refractivity contribution in [3.05, 3.63) is 58.0 Å². The molecule has 0 unspecified atom stereocenters. The normalized spacial score (nSPS) is 21.1. The number of hydrogen-bond acceptors (Lipinski definition) is 4. The summed E-state index contributed by atoms with van der Waals surface area (Å²) in [5.74, 6) is -0.0454. The summed E-state index contributed by atoms with van der Waals surface area (Å²) in [6.45, 7) is 1.86. The van der Waals surface area contributed by atoms with Crippen molar-refractivity contribution in [2.45, 2.75) is 19.3 Å². The van der Waals surface area contributed by atoms with Crippen molar-refractivity contribution < 1.29 is 14.0 Å². The van der Waals surface area contributed by atoms with Gasteiger partial charge < -0.3 is 4.84 Å². The molecule has 2 aromatic rings. The van der Waals surface area contributed by atoms with Gasteiger partial charge in [-0.15, -0.1) is 11.3 Å². The Hall–Kier alpha value is -2.01. The molecule has 0 aliphatic heterocycles. The van der Waals surface area contributed by atoms with Gasteiger partial charge in [-0.1, -0.05) is 23.4 Å². The van der Waals surface area contributed by atoms with Crippen molar-refractivity contribution in [3.63, 3.8) is 0 Å². The van der Waals surface area contributed by atoms with Gasteiger partial charge in [0, 0.05) is 5.92 Å². The van der Waals surface area contributed by atoms with Crippen molar-refractivity contribution in [1.29, 1.82) is 0 Å². The van der Waals surface area contributed by atoms with Gasteiger partial charge in [-0.05, 0) is 48.4 Å². The third-order valence-electron chi connectivity index (χ3n) is 3.62. The SMILES string of the molecule is C/C(=N/OC(=O)c1cccs1)[C@H]1C[C@H]1c1ccc(F)cc1. The molecule has 1 aromatic carbocycles. The lowest BCUT2D eigenvalue weighted by atomic mass is 10.1. The fraction of sp³-hybridized carbons (Fsp3) is 0.250. The molecule has 0 N–H and O–H groups in total. The van der Waals surface area contributed by atoms with E-state index < -0.39 is 5.97 Å². The molecule has 0 bridgehead atoms. The van der Waals surface area contributed by atoms with E-state index in [-0.39, 0.29) is 11.7 Å². The average molecular weight is 303 g/mol. The summed E-state index contributed by atoms with van der Waals surface area (Å²) < 4.78 is 12.9. The standard InChI is InChI=1S/C16H14FNO2S/c1-10(18-20-16(19)15-3-2-8-21-15)13-9-14(13)11-4-6-12(17)7-5-11/h2-8,13-14H,9H2,1H3/b18-10-/t13-,14+/m1/s1. The Morgan fingerprint density at radius 1 is 1.33 bits per heavy atom. The maximum absolute atomic E-state index is 12.9. The summed E-state index contributed by atoms with van der Waals surface area (Å²) in [6.07, 6.45) is 0.956. The van der Waals surface area contributed by atoms with Crippen molar-refractivity contribution in [3.8, 4) is 0 Å². The number of hydrogen-bond donors (Lipinski definition) is 0. The predicted molar refractivity (Wildman–Crippen MR) is 80.1 cm³/mol. The molecule has 1 fully saturated rings. The summed E-state index contributed by atoms with van der Waals surface area (Å²) in [5.41, 5.74) is 1.90. The third kappa shape index (κ3) is 3.19. The molecule has 5 heteroatoms. The first-order valence-corrected chi connectivity index (χ1v) is 7.58. The second-order valence-corrected chi connectivity index (χ2v) is 6.04. The van der Waals surface area contributed by atoms with E-state index in [1.54, 1.807) is 24.3 Å². The fourth-order valence-electron chi connectivity index (χ4n) is 2.36. The number of thiophene rings is 1. The Morgan fingerprint density at radius 2 is 2.10 bits per heavy atom. The Morgan fingerprint density at radius 3 is 2.76 bits per heavy atom. The fourth-order valence-corrected chi connectivity index (χ4v) is 2.95. The highest BCUT2D eigenvalue weighted by molar-refractivity contribution is 7.11. The molecule has 1 saturated carbocycles. The summed E-state index contributed by atoms with van der Waals surface area (Å²) in [6, 6.07) is 10.0. The largest absolute Gasteiger partial charge is 0.375 e. The zero-order valence-corrected chi connectivity index (χ0v) is 12.3. The van der Waals surface area contributed by atoms with E-state index in [2.05, 4.69) is 5.16 Å². The molecule has 0 saturated heterocycles. The summed E-state index contributed by atoms with van der Waals surface area (Å²) in [7, 11) is 0. The molecule has 0 amide bonds. The van der Waals surface area contributed by atoms with Crippen LogP contribution in [0.3, 0.4) is 0 Å². The minimum absolute atomic E-state index is 0.230. The molecule has 1 aliphatic rings. The van der Waals surface area contributed by atoms with E-state index in [0.717, 1.165) is 17.7 Å². The van der Waals surface area contributed by atoms with Crippen LogP contribution in [0, 0.1) is 11.7 Å². The Bertz CT molecular complexity index is 664. The van der Waals surface area contributed by atoms with Gasteiger partial charge >= 0.3 is 5.97 Å². The van der Waals surface area contributed by atoms with Crippen LogP contribution < -0.4 is 0 Å². The van der Waals surface area contributed by atoms with Gasteiger partial charge in [0.2, 0.25) is 0 Å². The van der Waals surface area contributed by atoms with E-state index >= 15 is 0 Å². The highest BCUT2D eigenvalue weighted by Gasteiger charge is 2.40. The van der Waals surface area contributed by atoms with Gasteiger partial charge in [0.25, 0.3) is 0 Å². The molecule has 1 heterocycles. The molecular weight excluding hydrogens is 289 g/mol. The minimum atomic E-state index is -0.427. The lowest BCUT2D eigenvalue weighted by Crippen LogP contribution is -2.03. The van der Waals surface area contributed by atoms with E-state index in [9.17, 15) is 9.18 Å². The van der Waals surface area contributed by atoms with Crippen LogP contribution in [-0.4, -0.2) is 11.7 Å². The monoisotopic (exact) mass is 303 g/mol. The van der Waals surface area contributed by atoms with E-state index in [4.69, 9.17) is 4.84 Å². The number of benzene rings is 1. The smallest absolute Gasteiger partial charge is 0.312 e. The number of carbonyl (C=O) groups excluding carboxylic acids is 1. The Balaban J connectivity index is 1.59. The third-order valence-corrected chi connectivity index (χ3v) is 4.47. The van der Waals surface area contributed by atoms with Gasteiger partial charge in [-0.2, -0.15) is 0 Å². The number of rotatable bonds is 4. The first-order chi connectivity index (χ1) is 10.1. The Kier molecular flexibility index (Phi) is 3.84. The minimum Gasteiger partial charge on any atom is -0.312 e. The molecule has 0 radical (unpaired) electrons. The van der Waals surface area contributed by atoms with Crippen molar-refractivity contribution in [1.82, 2.24) is 0 Å². The maximum Gasteiger partial charge on any atom is 0.375 e. The average Bonchev–Trinajstić information content (AvgIpc) is 3.09. The number of nitrogens with zero attached hydrogens (tertiary/aromatic N) is 1. The highest BCUT2D eigenvalue weighted by Crippen LogP contribution is 2.48. The zero-order valence-electron chi connectivity index (χ0n) is 11.5. The number of carbonyl (C=O) groups is 1. The van der Waals surface area contributed by atoms with E-state index in [1.165, 1.54) is 23.5 Å². The molecule has 1 aromatic heterocycles. The molecule has 1 aliphatic carbocycles. The van der Waals surface area contributed by atoms with Crippen LogP contribution in [0.25, 0.3) is 0 Å².